The van der Waals surface area contributed by atoms with Crippen molar-refractivity contribution in [1.82, 2.24) is 0 Å². The molecule has 0 aliphatic rings. The van der Waals surface area contributed by atoms with E-state index in [-0.39, 0.29) is 11.1 Å². The van der Waals surface area contributed by atoms with Gasteiger partial charge in [0.05, 0.1) is 5.02 Å². The Balaban J connectivity index is 2.27. The number of halogens is 3. The summed E-state index contributed by atoms with van der Waals surface area (Å²) in [6, 6.07) is 9.00. The van der Waals surface area contributed by atoms with Gasteiger partial charge in [-0.2, -0.15) is 0 Å². The van der Waals surface area contributed by atoms with Crippen molar-refractivity contribution >= 4 is 33.2 Å². The molecular formula is C16H16BrClFN. The van der Waals surface area contributed by atoms with Crippen molar-refractivity contribution in [3.05, 3.63) is 62.3 Å². The predicted octanol–water partition coefficient (Wildman–Crippen LogP) is 6.03. The van der Waals surface area contributed by atoms with Crippen LogP contribution >= 0.6 is 27.5 Å². The Morgan fingerprint density at radius 3 is 2.30 bits per heavy atom. The second-order valence-electron chi connectivity index (χ2n) is 4.95. The number of nitrogens with one attached hydrogen (secondary N) is 1. The van der Waals surface area contributed by atoms with Crippen LogP contribution in [0.4, 0.5) is 10.1 Å². The van der Waals surface area contributed by atoms with Crippen LogP contribution in [0.1, 0.15) is 29.7 Å². The summed E-state index contributed by atoms with van der Waals surface area (Å²) in [7, 11) is 0. The van der Waals surface area contributed by atoms with Crippen LogP contribution in [0.25, 0.3) is 0 Å². The minimum atomic E-state index is -0.390. The number of benzene rings is 2. The van der Waals surface area contributed by atoms with Crippen LogP contribution in [0, 0.1) is 19.7 Å². The van der Waals surface area contributed by atoms with Crippen LogP contribution in [0.2, 0.25) is 5.02 Å². The number of hydrogen-bond donors (Lipinski definition) is 1. The molecule has 0 bridgehead atoms. The Morgan fingerprint density at radius 2 is 1.75 bits per heavy atom. The summed E-state index contributed by atoms with van der Waals surface area (Å²) in [6.45, 7) is 6.15. The van der Waals surface area contributed by atoms with E-state index in [0.717, 1.165) is 26.9 Å². The average molecular weight is 357 g/mol. The van der Waals surface area contributed by atoms with Gasteiger partial charge in [0.1, 0.15) is 5.82 Å². The van der Waals surface area contributed by atoms with E-state index in [4.69, 9.17) is 11.6 Å². The van der Waals surface area contributed by atoms with Crippen molar-refractivity contribution < 1.29 is 4.39 Å². The summed E-state index contributed by atoms with van der Waals surface area (Å²) in [6.07, 6.45) is 0. The Hall–Kier alpha value is -1.06. The molecule has 1 nitrogen and oxygen atoms in total. The molecule has 0 amide bonds. The van der Waals surface area contributed by atoms with Gasteiger partial charge in [-0.15, -0.1) is 0 Å². The standard InChI is InChI=1S/C16H16BrClFN/c1-9-6-13(17)7-10(2)16(9)20-11(3)12-4-5-15(19)14(18)8-12/h4-8,11,20H,1-3H3. The first-order valence-electron chi connectivity index (χ1n) is 6.36. The molecule has 0 fully saturated rings. The maximum Gasteiger partial charge on any atom is 0.141 e. The zero-order chi connectivity index (χ0) is 14.9. The van der Waals surface area contributed by atoms with Gasteiger partial charge in [0.15, 0.2) is 0 Å². The van der Waals surface area contributed by atoms with Gasteiger partial charge in [-0.05, 0) is 61.7 Å². The quantitative estimate of drug-likeness (QED) is 0.708. The summed E-state index contributed by atoms with van der Waals surface area (Å²) in [5, 5.41) is 3.62. The number of rotatable bonds is 3. The Morgan fingerprint density at radius 1 is 1.15 bits per heavy atom. The topological polar surface area (TPSA) is 12.0 Å². The molecular weight excluding hydrogens is 341 g/mol. The third kappa shape index (κ3) is 3.33. The first kappa shape index (κ1) is 15.3. The van der Waals surface area contributed by atoms with Crippen molar-refractivity contribution in [3.63, 3.8) is 0 Å². The largest absolute Gasteiger partial charge is 0.378 e. The van der Waals surface area contributed by atoms with E-state index in [0.29, 0.717) is 0 Å². The van der Waals surface area contributed by atoms with E-state index >= 15 is 0 Å². The highest BCUT2D eigenvalue weighted by Gasteiger charge is 2.11. The third-order valence-corrected chi connectivity index (χ3v) is 4.05. The summed E-state index contributed by atoms with van der Waals surface area (Å²) in [4.78, 5) is 0. The molecule has 106 valence electrons. The Kier molecular flexibility index (Phi) is 4.71. The van der Waals surface area contributed by atoms with Gasteiger partial charge in [0.25, 0.3) is 0 Å². The molecule has 2 aromatic carbocycles. The molecule has 0 saturated heterocycles. The first-order chi connectivity index (χ1) is 9.38. The lowest BCUT2D eigenvalue weighted by molar-refractivity contribution is 0.627. The van der Waals surface area contributed by atoms with E-state index in [2.05, 4.69) is 47.2 Å². The van der Waals surface area contributed by atoms with E-state index in [9.17, 15) is 4.39 Å². The summed E-state index contributed by atoms with van der Waals surface area (Å²) >= 11 is 9.32. The van der Waals surface area contributed by atoms with E-state index < -0.39 is 5.82 Å². The first-order valence-corrected chi connectivity index (χ1v) is 7.54. The van der Waals surface area contributed by atoms with Gasteiger partial charge in [0.2, 0.25) is 0 Å². The van der Waals surface area contributed by atoms with E-state index in [1.165, 1.54) is 6.07 Å². The highest BCUT2D eigenvalue weighted by atomic mass is 79.9. The van der Waals surface area contributed by atoms with Crippen molar-refractivity contribution in [2.45, 2.75) is 26.8 Å². The highest BCUT2D eigenvalue weighted by Crippen LogP contribution is 2.29. The molecule has 1 atom stereocenters. The monoisotopic (exact) mass is 355 g/mol. The van der Waals surface area contributed by atoms with Crippen LogP contribution < -0.4 is 5.32 Å². The van der Waals surface area contributed by atoms with Crippen molar-refractivity contribution in [3.8, 4) is 0 Å². The van der Waals surface area contributed by atoms with Gasteiger partial charge >= 0.3 is 0 Å². The van der Waals surface area contributed by atoms with Crippen molar-refractivity contribution in [2.24, 2.45) is 0 Å². The van der Waals surface area contributed by atoms with Crippen LogP contribution in [-0.2, 0) is 0 Å². The van der Waals surface area contributed by atoms with Crippen LogP contribution in [-0.4, -0.2) is 0 Å². The molecule has 0 saturated carbocycles. The summed E-state index contributed by atoms with van der Waals surface area (Å²) in [5.74, 6) is -0.390. The lowest BCUT2D eigenvalue weighted by Crippen LogP contribution is -2.09. The smallest absolute Gasteiger partial charge is 0.141 e. The fourth-order valence-electron chi connectivity index (χ4n) is 2.22. The number of aryl methyl sites for hydroxylation is 2. The Bertz CT molecular complexity index is 619. The van der Waals surface area contributed by atoms with Crippen LogP contribution in [0.3, 0.4) is 0 Å². The highest BCUT2D eigenvalue weighted by molar-refractivity contribution is 9.10. The van der Waals surface area contributed by atoms with Gasteiger partial charge in [-0.25, -0.2) is 4.39 Å². The second kappa shape index (κ2) is 6.15. The summed E-state index contributed by atoms with van der Waals surface area (Å²) < 4.78 is 14.3. The van der Waals surface area contributed by atoms with E-state index in [1.807, 2.05) is 6.92 Å². The zero-order valence-electron chi connectivity index (χ0n) is 11.6. The van der Waals surface area contributed by atoms with Crippen LogP contribution in [0.15, 0.2) is 34.8 Å². The summed E-state index contributed by atoms with van der Waals surface area (Å²) in [5.41, 5.74) is 4.38. The molecule has 2 rings (SSSR count). The number of hydrogen-bond acceptors (Lipinski definition) is 1. The minimum Gasteiger partial charge on any atom is -0.378 e. The van der Waals surface area contributed by atoms with Crippen molar-refractivity contribution in [1.29, 1.82) is 0 Å². The fraction of sp³-hybridized carbons (Fsp3) is 0.250. The third-order valence-electron chi connectivity index (χ3n) is 3.30. The van der Waals surface area contributed by atoms with Gasteiger partial charge in [0, 0.05) is 16.2 Å². The molecule has 2 aromatic rings. The van der Waals surface area contributed by atoms with Crippen LogP contribution in [0.5, 0.6) is 0 Å². The lowest BCUT2D eigenvalue weighted by Gasteiger charge is -2.20. The molecule has 20 heavy (non-hydrogen) atoms. The predicted molar refractivity (Wildman–Crippen MR) is 87.1 cm³/mol. The normalized spacial score (nSPS) is 12.3. The molecule has 0 radical (unpaired) electrons. The molecule has 1 N–H and O–H groups in total. The van der Waals surface area contributed by atoms with Crippen molar-refractivity contribution in [2.75, 3.05) is 5.32 Å². The second-order valence-corrected chi connectivity index (χ2v) is 6.28. The maximum absolute atomic E-state index is 13.2. The fourth-order valence-corrected chi connectivity index (χ4v) is 3.10. The molecule has 0 aromatic heterocycles. The average Bonchev–Trinajstić information content (AvgIpc) is 2.36. The van der Waals surface area contributed by atoms with Gasteiger partial charge in [-0.3, -0.25) is 0 Å². The number of anilines is 1. The molecule has 0 aliphatic heterocycles. The minimum absolute atomic E-state index is 0.0478. The molecule has 0 aliphatic carbocycles. The molecule has 1 unspecified atom stereocenters. The SMILES string of the molecule is Cc1cc(Br)cc(C)c1NC(C)c1ccc(F)c(Cl)c1. The molecule has 0 heterocycles. The van der Waals surface area contributed by atoms with Gasteiger partial charge in [-0.1, -0.05) is 33.6 Å². The van der Waals surface area contributed by atoms with Gasteiger partial charge < -0.3 is 5.32 Å². The molecule has 4 heteroatoms. The molecule has 0 spiro atoms. The van der Waals surface area contributed by atoms with E-state index in [1.54, 1.807) is 12.1 Å². The zero-order valence-corrected chi connectivity index (χ0v) is 13.9. The Labute approximate surface area is 132 Å². The maximum atomic E-state index is 13.2. The lowest BCUT2D eigenvalue weighted by atomic mass is 10.0.